The molecule has 1 N–H and O–H groups in total. The Kier molecular flexibility index (Phi) is 8.14. The number of aromatic nitrogens is 2. The molecule has 6 nitrogen and oxygen atoms in total. The monoisotopic (exact) mass is 535 g/mol. The maximum absolute atomic E-state index is 13.7. The molecule has 1 aromatic carbocycles. The highest BCUT2D eigenvalue weighted by Crippen LogP contribution is 2.41. The van der Waals surface area contributed by atoms with Crippen LogP contribution in [0.1, 0.15) is 29.7 Å². The van der Waals surface area contributed by atoms with Crippen LogP contribution in [0.3, 0.4) is 0 Å². The van der Waals surface area contributed by atoms with E-state index >= 15 is 0 Å². The molecule has 13 heteroatoms. The van der Waals surface area contributed by atoms with Crippen molar-refractivity contribution in [3.63, 3.8) is 0 Å². The number of rotatable bonds is 8. The number of carbonyl (C=O) groups excluding carboxylic acids is 1. The van der Waals surface area contributed by atoms with E-state index < -0.39 is 23.7 Å². The van der Waals surface area contributed by atoms with Crippen LogP contribution in [0.2, 0.25) is 5.02 Å². The summed E-state index contributed by atoms with van der Waals surface area (Å²) in [5.41, 5.74) is -0.454. The van der Waals surface area contributed by atoms with E-state index in [4.69, 9.17) is 28.9 Å². The van der Waals surface area contributed by atoms with Gasteiger partial charge in [-0.3, -0.25) is 19.2 Å². The normalized spacial score (nSPS) is 15.7. The number of amides is 1. The number of carboxylic acids is 1. The van der Waals surface area contributed by atoms with E-state index in [0.717, 1.165) is 39.8 Å². The zero-order valence-corrected chi connectivity index (χ0v) is 20.3. The number of benzene rings is 1. The van der Waals surface area contributed by atoms with Crippen LogP contribution >= 0.6 is 47.3 Å². The third-order valence-electron chi connectivity index (χ3n) is 4.51. The molecule has 2 aromatic rings. The van der Waals surface area contributed by atoms with E-state index in [1.165, 1.54) is 11.9 Å². The van der Waals surface area contributed by atoms with Gasteiger partial charge in [-0.2, -0.15) is 18.3 Å². The van der Waals surface area contributed by atoms with E-state index in [-0.39, 0.29) is 39.2 Å². The highest BCUT2D eigenvalue weighted by Gasteiger charge is 2.40. The maximum atomic E-state index is 13.7. The number of thiocarbonyl (C=S) groups is 1. The number of halogens is 4. The van der Waals surface area contributed by atoms with Crippen molar-refractivity contribution >= 4 is 69.6 Å². The second-order valence-electron chi connectivity index (χ2n) is 6.93. The number of hydrogen-bond donors (Lipinski definition) is 1. The van der Waals surface area contributed by atoms with E-state index in [2.05, 4.69) is 5.10 Å². The number of aryl methyl sites for hydroxylation is 1. The zero-order chi connectivity index (χ0) is 24.3. The van der Waals surface area contributed by atoms with Gasteiger partial charge in [-0.1, -0.05) is 47.7 Å². The molecule has 33 heavy (non-hydrogen) atoms. The summed E-state index contributed by atoms with van der Waals surface area (Å²) < 4.78 is 42.4. The number of nitrogens with zero attached hydrogens (tertiary/aromatic N) is 3. The van der Waals surface area contributed by atoms with Crippen LogP contribution < -0.4 is 0 Å². The van der Waals surface area contributed by atoms with Crippen molar-refractivity contribution < 1.29 is 27.9 Å². The smallest absolute Gasteiger partial charge is 0.435 e. The summed E-state index contributed by atoms with van der Waals surface area (Å²) in [5, 5.41) is 13.2. The van der Waals surface area contributed by atoms with Crippen molar-refractivity contribution in [3.05, 3.63) is 51.0 Å². The molecule has 0 radical (unpaired) electrons. The average molecular weight is 536 g/mol. The van der Waals surface area contributed by atoms with Gasteiger partial charge in [0.2, 0.25) is 0 Å². The van der Waals surface area contributed by atoms with Gasteiger partial charge in [0.1, 0.15) is 9.35 Å². The molecule has 176 valence electrons. The van der Waals surface area contributed by atoms with Crippen LogP contribution in [-0.2, 0) is 28.6 Å². The molecule has 1 saturated heterocycles. The number of alkyl halides is 3. The van der Waals surface area contributed by atoms with Crippen molar-refractivity contribution in [1.29, 1.82) is 0 Å². The highest BCUT2D eigenvalue weighted by molar-refractivity contribution is 8.26. The fourth-order valence-corrected chi connectivity index (χ4v) is 5.43. The summed E-state index contributed by atoms with van der Waals surface area (Å²) in [6.45, 7) is 0.0750. The van der Waals surface area contributed by atoms with Crippen molar-refractivity contribution in [2.75, 3.05) is 6.54 Å². The Morgan fingerprint density at radius 3 is 2.61 bits per heavy atom. The Balaban J connectivity index is 1.91. The van der Waals surface area contributed by atoms with Crippen molar-refractivity contribution in [1.82, 2.24) is 14.7 Å². The highest BCUT2D eigenvalue weighted by atomic mass is 35.5. The Labute approximate surface area is 206 Å². The Hall–Kier alpha value is -2.02. The summed E-state index contributed by atoms with van der Waals surface area (Å²) in [6, 6.07) is 6.94. The molecular weight excluding hydrogens is 519 g/mol. The molecule has 0 atom stereocenters. The molecule has 0 unspecified atom stereocenters. The molecule has 0 aliphatic carbocycles. The fraction of sp³-hybridized carbons (Fsp3) is 0.300. The van der Waals surface area contributed by atoms with Gasteiger partial charge in [0.05, 0.1) is 4.91 Å². The first-order valence-electron chi connectivity index (χ1n) is 9.46. The molecule has 2 heterocycles. The molecule has 0 spiro atoms. The third kappa shape index (κ3) is 6.31. The van der Waals surface area contributed by atoms with E-state index in [0.29, 0.717) is 10.8 Å². The first-order chi connectivity index (χ1) is 15.5. The van der Waals surface area contributed by atoms with Crippen LogP contribution in [0.25, 0.3) is 6.08 Å². The molecule has 1 aliphatic rings. The first-order valence-corrected chi connectivity index (χ1v) is 12.0. The van der Waals surface area contributed by atoms with Crippen LogP contribution in [0.4, 0.5) is 13.2 Å². The second-order valence-corrected chi connectivity index (χ2v) is 10.0. The van der Waals surface area contributed by atoms with E-state index in [1.807, 2.05) is 0 Å². The van der Waals surface area contributed by atoms with Crippen LogP contribution in [0, 0.1) is 0 Å². The van der Waals surface area contributed by atoms with Gasteiger partial charge < -0.3 is 5.11 Å². The summed E-state index contributed by atoms with van der Waals surface area (Å²) in [4.78, 5) is 24.7. The number of thioether (sulfide) groups is 2. The van der Waals surface area contributed by atoms with Crippen LogP contribution in [-0.4, -0.2) is 42.5 Å². The largest absolute Gasteiger partial charge is 0.481 e. The Morgan fingerprint density at radius 2 is 2.00 bits per heavy atom. The van der Waals surface area contributed by atoms with Crippen LogP contribution in [0.15, 0.2) is 34.2 Å². The predicted molar refractivity (Wildman–Crippen MR) is 126 cm³/mol. The van der Waals surface area contributed by atoms with Gasteiger partial charge in [0.25, 0.3) is 5.91 Å². The molecule has 1 aliphatic heterocycles. The van der Waals surface area contributed by atoms with E-state index in [9.17, 15) is 22.8 Å². The zero-order valence-electron chi connectivity index (χ0n) is 17.1. The molecular formula is C20H17ClF3N3O3S3. The second kappa shape index (κ2) is 10.5. The van der Waals surface area contributed by atoms with Crippen molar-refractivity contribution in [2.24, 2.45) is 7.05 Å². The third-order valence-corrected chi connectivity index (χ3v) is 7.37. The maximum Gasteiger partial charge on any atom is 0.435 e. The molecule has 0 bridgehead atoms. The SMILES string of the molecule is Cn1nc(C(F)(F)F)c(C=C2SC(=S)N(CCCC(=O)O)C2=O)c1SCc1ccc(Cl)cc1. The van der Waals surface area contributed by atoms with Crippen molar-refractivity contribution in [2.45, 2.75) is 29.8 Å². The Bertz CT molecular complexity index is 1120. The molecule has 3 rings (SSSR count). The van der Waals surface area contributed by atoms with Gasteiger partial charge in [-0.05, 0) is 30.2 Å². The number of aliphatic carboxylic acids is 1. The topological polar surface area (TPSA) is 75.4 Å². The van der Waals surface area contributed by atoms with Crippen LogP contribution in [0.5, 0.6) is 0 Å². The standard InChI is InChI=1S/C20H17ClF3N3O3S3/c1-26-18(32-10-11-4-6-12(21)7-5-11)13(16(25-26)20(22,23)24)9-14-17(30)27(19(31)33-14)8-2-3-15(28)29/h4-7,9H,2-3,8,10H2,1H3,(H,28,29). The van der Waals surface area contributed by atoms with Gasteiger partial charge in [0, 0.05) is 36.4 Å². The lowest BCUT2D eigenvalue weighted by Gasteiger charge is -2.13. The molecule has 1 aromatic heterocycles. The number of carboxylic acid groups (broad SMARTS) is 1. The fourth-order valence-electron chi connectivity index (χ4n) is 2.98. The van der Waals surface area contributed by atoms with Gasteiger partial charge >= 0.3 is 12.1 Å². The lowest BCUT2D eigenvalue weighted by Crippen LogP contribution is -2.29. The number of carbonyl (C=O) groups is 2. The summed E-state index contributed by atoms with van der Waals surface area (Å²) in [5.74, 6) is -1.20. The summed E-state index contributed by atoms with van der Waals surface area (Å²) >= 11 is 13.1. The molecule has 1 fully saturated rings. The van der Waals surface area contributed by atoms with Gasteiger partial charge in [-0.15, -0.1) is 11.8 Å². The lowest BCUT2D eigenvalue weighted by atomic mass is 10.2. The minimum atomic E-state index is -4.72. The van der Waals surface area contributed by atoms with Gasteiger partial charge in [-0.25, -0.2) is 0 Å². The first kappa shape index (κ1) is 25.6. The minimum absolute atomic E-state index is 0.0298. The summed E-state index contributed by atoms with van der Waals surface area (Å²) in [7, 11) is 1.41. The lowest BCUT2D eigenvalue weighted by molar-refractivity contribution is -0.141. The van der Waals surface area contributed by atoms with Crippen molar-refractivity contribution in [3.8, 4) is 0 Å². The predicted octanol–water partition coefficient (Wildman–Crippen LogP) is 5.45. The number of hydrogen-bond acceptors (Lipinski definition) is 6. The molecule has 1 amide bonds. The minimum Gasteiger partial charge on any atom is -0.481 e. The molecule has 0 saturated carbocycles. The average Bonchev–Trinajstić information content (AvgIpc) is 3.18. The quantitative estimate of drug-likeness (QED) is 0.273. The summed E-state index contributed by atoms with van der Waals surface area (Å²) in [6.07, 6.45) is -3.53. The van der Waals surface area contributed by atoms with E-state index in [1.54, 1.807) is 24.3 Å². The van der Waals surface area contributed by atoms with Gasteiger partial charge in [0.15, 0.2) is 5.69 Å². The Morgan fingerprint density at radius 1 is 1.33 bits per heavy atom.